The first-order valence-corrected chi connectivity index (χ1v) is 8.05. The van der Waals surface area contributed by atoms with Crippen molar-refractivity contribution in [1.82, 2.24) is 5.32 Å². The zero-order valence-electron chi connectivity index (χ0n) is 13.8. The van der Waals surface area contributed by atoms with E-state index in [9.17, 15) is 0 Å². The van der Waals surface area contributed by atoms with Gasteiger partial charge >= 0.3 is 0 Å². The Balaban J connectivity index is 2.96. The summed E-state index contributed by atoms with van der Waals surface area (Å²) in [7, 11) is 1.74. The minimum Gasteiger partial charge on any atom is -0.496 e. The first kappa shape index (κ1) is 17.0. The Morgan fingerprint density at radius 3 is 2.45 bits per heavy atom. The predicted molar refractivity (Wildman–Crippen MR) is 87.5 cm³/mol. The van der Waals surface area contributed by atoms with Crippen LogP contribution in [0.15, 0.2) is 18.2 Å². The lowest BCUT2D eigenvalue weighted by Crippen LogP contribution is -2.28. The van der Waals surface area contributed by atoms with Crippen LogP contribution in [0, 0.1) is 12.8 Å². The zero-order chi connectivity index (χ0) is 15.0. The largest absolute Gasteiger partial charge is 0.496 e. The van der Waals surface area contributed by atoms with Crippen LogP contribution in [-0.2, 0) is 0 Å². The molecular weight excluding hydrogens is 246 g/mol. The van der Waals surface area contributed by atoms with Gasteiger partial charge in [0.15, 0.2) is 0 Å². The standard InChI is InChI=1S/C18H31NO/c1-6-9-10-15(7-2)18(19-8-3)16-11-12-17(20-5)14(4)13-16/h11-13,15,18-19H,6-10H2,1-5H3. The van der Waals surface area contributed by atoms with E-state index in [0.717, 1.165) is 12.3 Å². The minimum atomic E-state index is 0.459. The molecule has 20 heavy (non-hydrogen) atoms. The number of benzene rings is 1. The lowest BCUT2D eigenvalue weighted by molar-refractivity contribution is 0.327. The van der Waals surface area contributed by atoms with E-state index in [-0.39, 0.29) is 0 Å². The monoisotopic (exact) mass is 277 g/mol. The predicted octanol–water partition coefficient (Wildman–Crippen LogP) is 4.87. The van der Waals surface area contributed by atoms with Gasteiger partial charge in [0, 0.05) is 6.04 Å². The highest BCUT2D eigenvalue weighted by molar-refractivity contribution is 5.37. The van der Waals surface area contributed by atoms with Crippen molar-refractivity contribution in [3.8, 4) is 5.75 Å². The van der Waals surface area contributed by atoms with Crippen molar-refractivity contribution in [3.63, 3.8) is 0 Å². The number of methoxy groups -OCH3 is 1. The number of hydrogen-bond acceptors (Lipinski definition) is 2. The molecule has 2 atom stereocenters. The van der Waals surface area contributed by atoms with Crippen molar-refractivity contribution in [2.45, 2.75) is 59.4 Å². The highest BCUT2D eigenvalue weighted by atomic mass is 16.5. The van der Waals surface area contributed by atoms with E-state index in [2.05, 4.69) is 51.2 Å². The quantitative estimate of drug-likeness (QED) is 0.695. The molecule has 114 valence electrons. The second kappa shape index (κ2) is 9.02. The summed E-state index contributed by atoms with van der Waals surface area (Å²) >= 11 is 0. The Bertz CT molecular complexity index is 389. The zero-order valence-corrected chi connectivity index (χ0v) is 13.8. The fourth-order valence-corrected chi connectivity index (χ4v) is 2.94. The van der Waals surface area contributed by atoms with E-state index in [1.165, 1.54) is 36.8 Å². The van der Waals surface area contributed by atoms with Gasteiger partial charge in [-0.2, -0.15) is 0 Å². The molecule has 1 aromatic carbocycles. The number of aryl methyl sites for hydroxylation is 1. The SMILES string of the molecule is CCCCC(CC)C(NCC)c1ccc(OC)c(C)c1. The molecule has 0 aliphatic rings. The van der Waals surface area contributed by atoms with E-state index in [0.29, 0.717) is 12.0 Å². The Morgan fingerprint density at radius 2 is 1.95 bits per heavy atom. The molecule has 0 saturated carbocycles. The third-order valence-corrected chi connectivity index (χ3v) is 4.13. The summed E-state index contributed by atoms with van der Waals surface area (Å²) in [5.41, 5.74) is 2.62. The van der Waals surface area contributed by atoms with Gasteiger partial charge in [-0.3, -0.25) is 0 Å². The molecule has 1 N–H and O–H groups in total. The number of unbranched alkanes of at least 4 members (excludes halogenated alkanes) is 1. The second-order valence-corrected chi connectivity index (χ2v) is 5.57. The molecule has 0 amide bonds. The molecule has 1 rings (SSSR count). The minimum absolute atomic E-state index is 0.459. The van der Waals surface area contributed by atoms with Crippen LogP contribution in [0.3, 0.4) is 0 Å². The van der Waals surface area contributed by atoms with E-state index < -0.39 is 0 Å². The van der Waals surface area contributed by atoms with Crippen LogP contribution < -0.4 is 10.1 Å². The van der Waals surface area contributed by atoms with Gasteiger partial charge in [-0.1, -0.05) is 52.2 Å². The average molecular weight is 277 g/mol. The Hall–Kier alpha value is -1.02. The van der Waals surface area contributed by atoms with Gasteiger partial charge < -0.3 is 10.1 Å². The fraction of sp³-hybridized carbons (Fsp3) is 0.667. The molecule has 0 aromatic heterocycles. The number of ether oxygens (including phenoxy) is 1. The first-order chi connectivity index (χ1) is 9.67. The summed E-state index contributed by atoms with van der Waals surface area (Å²) in [5.74, 6) is 1.69. The molecule has 0 aliphatic carbocycles. The summed E-state index contributed by atoms with van der Waals surface area (Å²) in [5, 5.41) is 3.68. The van der Waals surface area contributed by atoms with E-state index >= 15 is 0 Å². The van der Waals surface area contributed by atoms with Crippen LogP contribution in [0.2, 0.25) is 0 Å². The van der Waals surface area contributed by atoms with Crippen LogP contribution >= 0.6 is 0 Å². The molecule has 0 bridgehead atoms. The average Bonchev–Trinajstić information content (AvgIpc) is 2.46. The molecule has 0 saturated heterocycles. The van der Waals surface area contributed by atoms with Crippen LogP contribution in [-0.4, -0.2) is 13.7 Å². The third kappa shape index (κ3) is 4.52. The molecule has 2 heteroatoms. The lowest BCUT2D eigenvalue weighted by Gasteiger charge is -2.28. The summed E-state index contributed by atoms with van der Waals surface area (Å²) in [4.78, 5) is 0. The molecule has 0 aliphatic heterocycles. The van der Waals surface area contributed by atoms with Gasteiger partial charge in [0.1, 0.15) is 5.75 Å². The van der Waals surface area contributed by atoms with Crippen LogP contribution in [0.1, 0.15) is 63.6 Å². The van der Waals surface area contributed by atoms with Crippen molar-refractivity contribution in [2.24, 2.45) is 5.92 Å². The Labute approximate surface area is 124 Å². The summed E-state index contributed by atoms with van der Waals surface area (Å²) in [6, 6.07) is 7.05. The Kier molecular flexibility index (Phi) is 7.68. The molecule has 2 nitrogen and oxygen atoms in total. The van der Waals surface area contributed by atoms with Crippen LogP contribution in [0.5, 0.6) is 5.75 Å². The van der Waals surface area contributed by atoms with Crippen molar-refractivity contribution in [3.05, 3.63) is 29.3 Å². The van der Waals surface area contributed by atoms with Crippen LogP contribution in [0.4, 0.5) is 0 Å². The highest BCUT2D eigenvalue weighted by Crippen LogP contribution is 2.31. The van der Waals surface area contributed by atoms with Crippen molar-refractivity contribution >= 4 is 0 Å². The van der Waals surface area contributed by atoms with Gasteiger partial charge in [0.2, 0.25) is 0 Å². The molecule has 0 spiro atoms. The van der Waals surface area contributed by atoms with E-state index in [1.54, 1.807) is 7.11 Å². The lowest BCUT2D eigenvalue weighted by atomic mass is 9.86. The van der Waals surface area contributed by atoms with Gasteiger partial charge in [-0.05, 0) is 43.0 Å². The summed E-state index contributed by atoms with van der Waals surface area (Å²) in [6.07, 6.45) is 5.12. The van der Waals surface area contributed by atoms with Crippen molar-refractivity contribution in [2.75, 3.05) is 13.7 Å². The van der Waals surface area contributed by atoms with Gasteiger partial charge in [-0.25, -0.2) is 0 Å². The molecule has 0 fully saturated rings. The van der Waals surface area contributed by atoms with Crippen molar-refractivity contribution < 1.29 is 4.74 Å². The summed E-state index contributed by atoms with van der Waals surface area (Å²) in [6.45, 7) is 9.90. The normalized spacial score (nSPS) is 14.1. The number of rotatable bonds is 9. The van der Waals surface area contributed by atoms with Crippen molar-refractivity contribution in [1.29, 1.82) is 0 Å². The van der Waals surface area contributed by atoms with Gasteiger partial charge in [0.05, 0.1) is 7.11 Å². The summed E-state index contributed by atoms with van der Waals surface area (Å²) < 4.78 is 5.37. The maximum absolute atomic E-state index is 5.37. The van der Waals surface area contributed by atoms with E-state index in [4.69, 9.17) is 4.74 Å². The first-order valence-electron chi connectivity index (χ1n) is 8.05. The second-order valence-electron chi connectivity index (χ2n) is 5.57. The van der Waals surface area contributed by atoms with E-state index in [1.807, 2.05) is 0 Å². The molecule has 2 unspecified atom stereocenters. The molecule has 1 aromatic rings. The van der Waals surface area contributed by atoms with Crippen LogP contribution in [0.25, 0.3) is 0 Å². The highest BCUT2D eigenvalue weighted by Gasteiger charge is 2.21. The topological polar surface area (TPSA) is 21.3 Å². The molecular formula is C18H31NO. The fourth-order valence-electron chi connectivity index (χ4n) is 2.94. The Morgan fingerprint density at radius 1 is 1.20 bits per heavy atom. The van der Waals surface area contributed by atoms with Gasteiger partial charge in [-0.15, -0.1) is 0 Å². The number of nitrogens with one attached hydrogen (secondary N) is 1. The molecule has 0 radical (unpaired) electrons. The third-order valence-electron chi connectivity index (χ3n) is 4.13. The smallest absolute Gasteiger partial charge is 0.121 e. The maximum atomic E-state index is 5.37. The van der Waals surface area contributed by atoms with Gasteiger partial charge in [0.25, 0.3) is 0 Å². The number of hydrogen-bond donors (Lipinski definition) is 1. The maximum Gasteiger partial charge on any atom is 0.121 e. The molecule has 0 heterocycles.